The third-order valence-electron chi connectivity index (χ3n) is 3.34. The summed E-state index contributed by atoms with van der Waals surface area (Å²) in [5.74, 6) is 0.661. The fraction of sp³-hybridized carbons (Fsp3) is 0.375. The number of halogens is 3. The number of rotatable bonds is 5. The number of benzene rings is 2. The fourth-order valence-corrected chi connectivity index (χ4v) is 2.16. The summed E-state index contributed by atoms with van der Waals surface area (Å²) in [7, 11) is 0. The van der Waals surface area contributed by atoms with E-state index in [4.69, 9.17) is 10.5 Å². The normalized spacial score (nSPS) is 13.4. The van der Waals surface area contributed by atoms with Crippen LogP contribution in [0.15, 0.2) is 36.4 Å². The van der Waals surface area contributed by atoms with Gasteiger partial charge < -0.3 is 10.5 Å². The van der Waals surface area contributed by atoms with Crippen molar-refractivity contribution in [2.45, 2.75) is 32.0 Å². The van der Waals surface area contributed by atoms with Crippen LogP contribution in [0, 0.1) is 0 Å². The molecule has 0 saturated carbocycles. The lowest BCUT2D eigenvalue weighted by Crippen LogP contribution is -2.28. The van der Waals surface area contributed by atoms with Crippen molar-refractivity contribution in [3.8, 4) is 5.75 Å². The zero-order chi connectivity index (χ0) is 15.5. The van der Waals surface area contributed by atoms with Crippen molar-refractivity contribution >= 4 is 10.8 Å². The van der Waals surface area contributed by atoms with E-state index in [2.05, 4.69) is 6.92 Å². The van der Waals surface area contributed by atoms with E-state index in [1.807, 2.05) is 0 Å². The maximum atomic E-state index is 12.8. The molecule has 0 unspecified atom stereocenters. The van der Waals surface area contributed by atoms with E-state index in [-0.39, 0.29) is 5.56 Å². The Labute approximate surface area is 121 Å². The Morgan fingerprint density at radius 3 is 2.62 bits per heavy atom. The molecule has 0 spiro atoms. The SMILES string of the molecule is CCCCOc1ccc2c([C@H](N)C(F)(F)F)cccc2c1. The highest BCUT2D eigenvalue weighted by atomic mass is 19.4. The Kier molecular flexibility index (Phi) is 4.73. The summed E-state index contributed by atoms with van der Waals surface area (Å²) >= 11 is 0. The molecule has 2 aromatic rings. The van der Waals surface area contributed by atoms with Crippen LogP contribution in [0.1, 0.15) is 31.4 Å². The van der Waals surface area contributed by atoms with Crippen LogP contribution in [0.4, 0.5) is 13.2 Å². The summed E-state index contributed by atoms with van der Waals surface area (Å²) < 4.78 is 44.0. The van der Waals surface area contributed by atoms with Crippen molar-refractivity contribution in [3.63, 3.8) is 0 Å². The van der Waals surface area contributed by atoms with Gasteiger partial charge in [-0.05, 0) is 34.9 Å². The third-order valence-corrected chi connectivity index (χ3v) is 3.34. The van der Waals surface area contributed by atoms with E-state index in [9.17, 15) is 13.2 Å². The van der Waals surface area contributed by atoms with Crippen molar-refractivity contribution in [2.24, 2.45) is 5.73 Å². The van der Waals surface area contributed by atoms with Gasteiger partial charge in [0.05, 0.1) is 6.61 Å². The summed E-state index contributed by atoms with van der Waals surface area (Å²) in [6.07, 6.45) is -2.49. The molecule has 0 bridgehead atoms. The summed E-state index contributed by atoms with van der Waals surface area (Å²) in [6, 6.07) is 7.85. The van der Waals surface area contributed by atoms with Crippen LogP contribution in [0.2, 0.25) is 0 Å². The van der Waals surface area contributed by atoms with Gasteiger partial charge in [-0.3, -0.25) is 0 Å². The molecule has 0 aliphatic carbocycles. The minimum Gasteiger partial charge on any atom is -0.494 e. The van der Waals surface area contributed by atoms with Gasteiger partial charge in [-0.15, -0.1) is 0 Å². The van der Waals surface area contributed by atoms with Crippen molar-refractivity contribution < 1.29 is 17.9 Å². The first kappa shape index (κ1) is 15.6. The summed E-state index contributed by atoms with van der Waals surface area (Å²) in [6.45, 7) is 2.66. The molecule has 21 heavy (non-hydrogen) atoms. The Hall–Kier alpha value is -1.75. The Morgan fingerprint density at radius 1 is 1.19 bits per heavy atom. The molecule has 5 heteroatoms. The van der Waals surface area contributed by atoms with E-state index in [1.165, 1.54) is 6.07 Å². The molecule has 0 amide bonds. The van der Waals surface area contributed by atoms with Gasteiger partial charge in [0.1, 0.15) is 11.8 Å². The van der Waals surface area contributed by atoms with E-state index < -0.39 is 12.2 Å². The number of alkyl halides is 3. The fourth-order valence-electron chi connectivity index (χ4n) is 2.16. The minimum absolute atomic E-state index is 0.0834. The van der Waals surface area contributed by atoms with Gasteiger partial charge in [0.2, 0.25) is 0 Å². The molecule has 2 nitrogen and oxygen atoms in total. The van der Waals surface area contributed by atoms with Crippen LogP contribution in [0.25, 0.3) is 10.8 Å². The molecular weight excluding hydrogens is 279 g/mol. The number of fused-ring (bicyclic) bond motifs is 1. The molecule has 0 aliphatic rings. The number of nitrogens with two attached hydrogens (primary N) is 1. The van der Waals surface area contributed by atoms with Crippen LogP contribution in [-0.4, -0.2) is 12.8 Å². The molecule has 0 fully saturated rings. The molecule has 114 valence electrons. The number of ether oxygens (including phenoxy) is 1. The average molecular weight is 297 g/mol. The van der Waals surface area contributed by atoms with Gasteiger partial charge in [0.25, 0.3) is 0 Å². The quantitative estimate of drug-likeness (QED) is 0.820. The first-order valence-corrected chi connectivity index (χ1v) is 6.91. The average Bonchev–Trinajstić information content (AvgIpc) is 2.45. The summed E-state index contributed by atoms with van der Waals surface area (Å²) in [5, 5.41) is 1.20. The Balaban J connectivity index is 2.34. The second-order valence-electron chi connectivity index (χ2n) is 4.95. The monoisotopic (exact) mass is 297 g/mol. The molecule has 0 heterocycles. The smallest absolute Gasteiger partial charge is 0.407 e. The summed E-state index contributed by atoms with van der Waals surface area (Å²) in [5.41, 5.74) is 5.40. The first-order chi connectivity index (χ1) is 9.93. The lowest BCUT2D eigenvalue weighted by Gasteiger charge is -2.18. The second kappa shape index (κ2) is 6.35. The maximum absolute atomic E-state index is 12.8. The van der Waals surface area contributed by atoms with Crippen molar-refractivity contribution in [2.75, 3.05) is 6.61 Å². The molecule has 0 aromatic heterocycles. The second-order valence-corrected chi connectivity index (χ2v) is 4.95. The van der Waals surface area contributed by atoms with Crippen LogP contribution in [0.3, 0.4) is 0 Å². The zero-order valence-corrected chi connectivity index (χ0v) is 11.8. The molecule has 2 rings (SSSR count). The van der Waals surface area contributed by atoms with E-state index >= 15 is 0 Å². The molecule has 0 radical (unpaired) electrons. The van der Waals surface area contributed by atoms with Gasteiger partial charge in [-0.2, -0.15) is 13.2 Å². The van der Waals surface area contributed by atoms with Gasteiger partial charge in [-0.25, -0.2) is 0 Å². The standard InChI is InChI=1S/C16H18F3NO/c1-2-3-9-21-12-7-8-13-11(10-12)5-4-6-14(13)15(20)16(17,18)19/h4-8,10,15H,2-3,9,20H2,1H3/t15-/m0/s1. The lowest BCUT2D eigenvalue weighted by molar-refractivity contribution is -0.148. The van der Waals surface area contributed by atoms with E-state index in [0.29, 0.717) is 23.1 Å². The van der Waals surface area contributed by atoms with Crippen LogP contribution in [-0.2, 0) is 0 Å². The zero-order valence-electron chi connectivity index (χ0n) is 11.8. The number of hydrogen-bond donors (Lipinski definition) is 1. The predicted molar refractivity (Wildman–Crippen MR) is 77.3 cm³/mol. The van der Waals surface area contributed by atoms with Gasteiger partial charge in [0.15, 0.2) is 0 Å². The molecule has 2 aromatic carbocycles. The lowest BCUT2D eigenvalue weighted by atomic mass is 9.99. The van der Waals surface area contributed by atoms with E-state index in [0.717, 1.165) is 12.8 Å². The highest BCUT2D eigenvalue weighted by Crippen LogP contribution is 2.35. The van der Waals surface area contributed by atoms with Crippen LogP contribution < -0.4 is 10.5 Å². The number of hydrogen-bond acceptors (Lipinski definition) is 2. The van der Waals surface area contributed by atoms with Crippen LogP contribution >= 0.6 is 0 Å². The predicted octanol–water partition coefficient (Wildman–Crippen LogP) is 4.58. The Bertz CT molecular complexity index is 610. The van der Waals surface area contributed by atoms with Crippen molar-refractivity contribution in [3.05, 3.63) is 42.0 Å². The molecule has 2 N–H and O–H groups in total. The first-order valence-electron chi connectivity index (χ1n) is 6.91. The Morgan fingerprint density at radius 2 is 1.95 bits per heavy atom. The minimum atomic E-state index is -4.45. The topological polar surface area (TPSA) is 35.2 Å². The maximum Gasteiger partial charge on any atom is 0.407 e. The molecule has 0 saturated heterocycles. The number of unbranched alkanes of at least 4 members (excludes halogenated alkanes) is 1. The summed E-state index contributed by atoms with van der Waals surface area (Å²) in [4.78, 5) is 0. The van der Waals surface area contributed by atoms with Gasteiger partial charge in [-0.1, -0.05) is 37.6 Å². The van der Waals surface area contributed by atoms with Crippen LogP contribution in [0.5, 0.6) is 5.75 Å². The van der Waals surface area contributed by atoms with E-state index in [1.54, 1.807) is 30.3 Å². The highest BCUT2D eigenvalue weighted by Gasteiger charge is 2.38. The van der Waals surface area contributed by atoms with Crippen molar-refractivity contribution in [1.29, 1.82) is 0 Å². The molecule has 1 atom stereocenters. The molecular formula is C16H18F3NO. The van der Waals surface area contributed by atoms with Gasteiger partial charge in [0, 0.05) is 0 Å². The van der Waals surface area contributed by atoms with Gasteiger partial charge >= 0.3 is 6.18 Å². The highest BCUT2D eigenvalue weighted by molar-refractivity contribution is 5.87. The largest absolute Gasteiger partial charge is 0.494 e. The molecule has 0 aliphatic heterocycles. The van der Waals surface area contributed by atoms with Crippen molar-refractivity contribution in [1.82, 2.24) is 0 Å². The third kappa shape index (κ3) is 3.67.